The lowest BCUT2D eigenvalue weighted by atomic mass is 10.1. The molecule has 0 bridgehead atoms. The standard InChI is InChI=1S/C11H19N3O/c1-8(7-12)3-4-9-13-10(14-15-9)11(2)5-6-11/h8H,3-7,12H2,1-2H3. The van der Waals surface area contributed by atoms with E-state index in [1.807, 2.05) is 0 Å². The summed E-state index contributed by atoms with van der Waals surface area (Å²) in [6.45, 7) is 5.04. The van der Waals surface area contributed by atoms with Gasteiger partial charge >= 0.3 is 0 Å². The minimum atomic E-state index is 0.210. The smallest absolute Gasteiger partial charge is 0.226 e. The lowest BCUT2D eigenvalue weighted by molar-refractivity contribution is 0.358. The van der Waals surface area contributed by atoms with Gasteiger partial charge in [0.05, 0.1) is 0 Å². The van der Waals surface area contributed by atoms with Gasteiger partial charge in [-0.15, -0.1) is 0 Å². The Hall–Kier alpha value is -0.900. The van der Waals surface area contributed by atoms with Gasteiger partial charge in [-0.25, -0.2) is 0 Å². The van der Waals surface area contributed by atoms with Crippen molar-refractivity contribution in [2.75, 3.05) is 6.54 Å². The Labute approximate surface area is 90.2 Å². The highest BCUT2D eigenvalue weighted by molar-refractivity contribution is 5.14. The van der Waals surface area contributed by atoms with E-state index < -0.39 is 0 Å². The molecule has 1 atom stereocenters. The van der Waals surface area contributed by atoms with Crippen LogP contribution in [0.4, 0.5) is 0 Å². The van der Waals surface area contributed by atoms with Crippen LogP contribution in [-0.4, -0.2) is 16.7 Å². The molecule has 84 valence electrons. The van der Waals surface area contributed by atoms with E-state index in [4.69, 9.17) is 10.3 Å². The monoisotopic (exact) mass is 209 g/mol. The molecule has 15 heavy (non-hydrogen) atoms. The first kappa shape index (κ1) is 10.6. The van der Waals surface area contributed by atoms with Crippen molar-refractivity contribution in [1.29, 1.82) is 0 Å². The molecule has 2 N–H and O–H groups in total. The van der Waals surface area contributed by atoms with Crippen LogP contribution in [-0.2, 0) is 11.8 Å². The van der Waals surface area contributed by atoms with Crippen LogP contribution in [0, 0.1) is 5.92 Å². The minimum Gasteiger partial charge on any atom is -0.339 e. The van der Waals surface area contributed by atoms with E-state index in [-0.39, 0.29) is 5.41 Å². The molecule has 1 unspecified atom stereocenters. The molecule has 0 saturated heterocycles. The van der Waals surface area contributed by atoms with Crippen molar-refractivity contribution < 1.29 is 4.52 Å². The zero-order chi connectivity index (χ0) is 10.9. The topological polar surface area (TPSA) is 64.9 Å². The van der Waals surface area contributed by atoms with Gasteiger partial charge < -0.3 is 10.3 Å². The number of hydrogen-bond acceptors (Lipinski definition) is 4. The second kappa shape index (κ2) is 3.93. The van der Waals surface area contributed by atoms with Gasteiger partial charge in [0, 0.05) is 11.8 Å². The Kier molecular flexibility index (Phi) is 2.78. The highest BCUT2D eigenvalue weighted by Gasteiger charge is 2.43. The number of hydrogen-bond donors (Lipinski definition) is 1. The van der Waals surface area contributed by atoms with Crippen molar-refractivity contribution in [2.45, 2.75) is 44.9 Å². The quantitative estimate of drug-likeness (QED) is 0.800. The number of aryl methyl sites for hydroxylation is 1. The van der Waals surface area contributed by atoms with Gasteiger partial charge in [-0.3, -0.25) is 0 Å². The summed E-state index contributed by atoms with van der Waals surface area (Å²) in [6, 6.07) is 0. The first-order valence-electron chi connectivity index (χ1n) is 5.67. The fraction of sp³-hybridized carbons (Fsp3) is 0.818. The van der Waals surface area contributed by atoms with Crippen molar-refractivity contribution in [3.8, 4) is 0 Å². The predicted molar refractivity (Wildman–Crippen MR) is 57.4 cm³/mol. The molecule has 1 aliphatic carbocycles. The molecule has 0 radical (unpaired) electrons. The molecular weight excluding hydrogens is 190 g/mol. The summed E-state index contributed by atoms with van der Waals surface area (Å²) in [6.07, 6.45) is 4.24. The molecule has 1 saturated carbocycles. The molecule has 1 aromatic rings. The number of aromatic nitrogens is 2. The second-order valence-electron chi connectivity index (χ2n) is 4.95. The van der Waals surface area contributed by atoms with Gasteiger partial charge in [0.15, 0.2) is 5.82 Å². The van der Waals surface area contributed by atoms with Crippen LogP contribution in [0.15, 0.2) is 4.52 Å². The summed E-state index contributed by atoms with van der Waals surface area (Å²) in [5, 5.41) is 4.04. The van der Waals surface area contributed by atoms with Gasteiger partial charge in [0.2, 0.25) is 5.89 Å². The average Bonchev–Trinajstić information content (AvgIpc) is 2.82. The summed E-state index contributed by atoms with van der Waals surface area (Å²) >= 11 is 0. The molecule has 4 heteroatoms. The lowest BCUT2D eigenvalue weighted by Gasteiger charge is -2.04. The minimum absolute atomic E-state index is 0.210. The summed E-state index contributed by atoms with van der Waals surface area (Å²) in [5.41, 5.74) is 5.76. The summed E-state index contributed by atoms with van der Waals surface area (Å²) in [5.74, 6) is 2.17. The summed E-state index contributed by atoms with van der Waals surface area (Å²) in [7, 11) is 0. The highest BCUT2D eigenvalue weighted by atomic mass is 16.5. The number of nitrogens with two attached hydrogens (primary N) is 1. The Morgan fingerprint density at radius 1 is 1.53 bits per heavy atom. The molecule has 0 aromatic carbocycles. The van der Waals surface area contributed by atoms with Crippen molar-refractivity contribution in [3.05, 3.63) is 11.7 Å². The SMILES string of the molecule is CC(CN)CCc1nc(C2(C)CC2)no1. The van der Waals surface area contributed by atoms with Crippen LogP contribution in [0.5, 0.6) is 0 Å². The fourth-order valence-electron chi connectivity index (χ4n) is 1.50. The molecule has 1 fully saturated rings. The Bertz CT molecular complexity index is 330. The van der Waals surface area contributed by atoms with Crippen LogP contribution in [0.25, 0.3) is 0 Å². The van der Waals surface area contributed by atoms with E-state index in [1.165, 1.54) is 12.8 Å². The van der Waals surface area contributed by atoms with Gasteiger partial charge in [-0.2, -0.15) is 4.98 Å². The zero-order valence-corrected chi connectivity index (χ0v) is 9.49. The first-order chi connectivity index (χ1) is 7.14. The van der Waals surface area contributed by atoms with Crippen molar-refractivity contribution in [1.82, 2.24) is 10.1 Å². The van der Waals surface area contributed by atoms with Gasteiger partial charge in [-0.1, -0.05) is 19.0 Å². The van der Waals surface area contributed by atoms with E-state index in [2.05, 4.69) is 24.0 Å². The molecule has 2 rings (SSSR count). The molecule has 4 nitrogen and oxygen atoms in total. The third-order valence-electron chi connectivity index (χ3n) is 3.26. The predicted octanol–water partition coefficient (Wildman–Crippen LogP) is 1.65. The maximum absolute atomic E-state index is 5.55. The number of nitrogens with zero attached hydrogens (tertiary/aromatic N) is 2. The molecular formula is C11H19N3O. The van der Waals surface area contributed by atoms with E-state index in [0.717, 1.165) is 31.1 Å². The largest absolute Gasteiger partial charge is 0.339 e. The second-order valence-corrected chi connectivity index (χ2v) is 4.95. The van der Waals surface area contributed by atoms with Crippen LogP contribution >= 0.6 is 0 Å². The van der Waals surface area contributed by atoms with E-state index >= 15 is 0 Å². The molecule has 0 amide bonds. The molecule has 1 aromatic heterocycles. The van der Waals surface area contributed by atoms with Crippen LogP contribution in [0.3, 0.4) is 0 Å². The Morgan fingerprint density at radius 3 is 2.87 bits per heavy atom. The van der Waals surface area contributed by atoms with E-state index in [0.29, 0.717) is 5.92 Å². The molecule has 1 heterocycles. The fourth-order valence-corrected chi connectivity index (χ4v) is 1.50. The Morgan fingerprint density at radius 2 is 2.27 bits per heavy atom. The van der Waals surface area contributed by atoms with E-state index in [9.17, 15) is 0 Å². The molecule has 0 aliphatic heterocycles. The molecule has 0 spiro atoms. The van der Waals surface area contributed by atoms with Crippen molar-refractivity contribution in [3.63, 3.8) is 0 Å². The maximum atomic E-state index is 5.55. The van der Waals surface area contributed by atoms with Crippen LogP contribution in [0.1, 0.15) is 44.8 Å². The zero-order valence-electron chi connectivity index (χ0n) is 9.49. The molecule has 1 aliphatic rings. The van der Waals surface area contributed by atoms with Gasteiger partial charge in [0.1, 0.15) is 0 Å². The highest BCUT2D eigenvalue weighted by Crippen LogP contribution is 2.45. The van der Waals surface area contributed by atoms with Crippen LogP contribution < -0.4 is 5.73 Å². The van der Waals surface area contributed by atoms with Crippen molar-refractivity contribution in [2.24, 2.45) is 11.7 Å². The van der Waals surface area contributed by atoms with Crippen molar-refractivity contribution >= 4 is 0 Å². The van der Waals surface area contributed by atoms with Crippen LogP contribution in [0.2, 0.25) is 0 Å². The normalized spacial score (nSPS) is 20.2. The Balaban J connectivity index is 1.90. The summed E-state index contributed by atoms with van der Waals surface area (Å²) in [4.78, 5) is 4.43. The number of rotatable bonds is 5. The third kappa shape index (κ3) is 2.37. The maximum Gasteiger partial charge on any atom is 0.226 e. The first-order valence-corrected chi connectivity index (χ1v) is 5.67. The third-order valence-corrected chi connectivity index (χ3v) is 3.26. The lowest BCUT2D eigenvalue weighted by Crippen LogP contribution is -2.11. The average molecular weight is 209 g/mol. The van der Waals surface area contributed by atoms with Gasteiger partial charge in [0.25, 0.3) is 0 Å². The summed E-state index contributed by atoms with van der Waals surface area (Å²) < 4.78 is 5.22. The van der Waals surface area contributed by atoms with E-state index in [1.54, 1.807) is 0 Å². The van der Waals surface area contributed by atoms with Gasteiger partial charge in [-0.05, 0) is 31.7 Å².